The van der Waals surface area contributed by atoms with Crippen LogP contribution in [-0.4, -0.2) is 20.6 Å². The third-order valence-electron chi connectivity index (χ3n) is 2.77. The molecule has 22 heavy (non-hydrogen) atoms. The van der Waals surface area contributed by atoms with Crippen molar-refractivity contribution in [1.29, 1.82) is 0 Å². The highest BCUT2D eigenvalue weighted by Gasteiger charge is 2.09. The van der Waals surface area contributed by atoms with Crippen molar-refractivity contribution in [2.45, 2.75) is 19.4 Å². The van der Waals surface area contributed by atoms with E-state index in [1.165, 1.54) is 17.1 Å². The van der Waals surface area contributed by atoms with E-state index in [1.807, 2.05) is 0 Å². The van der Waals surface area contributed by atoms with Crippen LogP contribution in [0.4, 0.5) is 11.4 Å². The first kappa shape index (κ1) is 16.3. The molecule has 0 bridgehead atoms. The maximum atomic E-state index is 11.8. The number of nitro groups is 1. The first-order valence-electron chi connectivity index (χ1n) is 6.37. The molecule has 1 aromatic carbocycles. The number of aryl methyl sites for hydroxylation is 1. The molecule has 0 saturated heterocycles. The zero-order valence-corrected chi connectivity index (χ0v) is 12.8. The largest absolute Gasteiger partial charge is 0.326 e. The number of hydrogen-bond acceptors (Lipinski definition) is 4. The molecule has 116 valence electrons. The Bertz CT molecular complexity index is 682. The average molecular weight is 343 g/mol. The maximum absolute atomic E-state index is 11.8. The number of carbonyl (C=O) groups is 1. The molecule has 2 aromatic rings. The van der Waals surface area contributed by atoms with Gasteiger partial charge in [0.25, 0.3) is 0 Å². The van der Waals surface area contributed by atoms with Crippen LogP contribution in [0.2, 0.25) is 10.0 Å². The quantitative estimate of drug-likeness (QED) is 0.642. The predicted molar refractivity (Wildman–Crippen MR) is 83.2 cm³/mol. The summed E-state index contributed by atoms with van der Waals surface area (Å²) in [5.41, 5.74) is 0.454. The Morgan fingerprint density at radius 2 is 2.00 bits per heavy atom. The molecule has 1 amide bonds. The predicted octanol–water partition coefficient (Wildman–Crippen LogP) is 3.52. The molecule has 0 saturated carbocycles. The molecule has 0 aliphatic rings. The van der Waals surface area contributed by atoms with Crippen molar-refractivity contribution in [3.05, 3.63) is 50.8 Å². The highest BCUT2D eigenvalue weighted by atomic mass is 35.5. The van der Waals surface area contributed by atoms with Gasteiger partial charge in [-0.2, -0.15) is 5.10 Å². The number of amides is 1. The lowest BCUT2D eigenvalue weighted by Crippen LogP contribution is -2.12. The van der Waals surface area contributed by atoms with Gasteiger partial charge < -0.3 is 5.32 Å². The second-order valence-electron chi connectivity index (χ2n) is 4.53. The lowest BCUT2D eigenvalue weighted by atomic mass is 10.2. The summed E-state index contributed by atoms with van der Waals surface area (Å²) in [7, 11) is 0. The minimum absolute atomic E-state index is 0.0713. The van der Waals surface area contributed by atoms with Gasteiger partial charge in [0.2, 0.25) is 5.91 Å². The summed E-state index contributed by atoms with van der Waals surface area (Å²) >= 11 is 11.7. The first-order chi connectivity index (χ1) is 10.4. The SMILES string of the molecule is O=C(CCCn1cc([N+](=O)[O-])cn1)Nc1cc(Cl)cc(Cl)c1. The minimum Gasteiger partial charge on any atom is -0.326 e. The zero-order valence-electron chi connectivity index (χ0n) is 11.3. The van der Waals surface area contributed by atoms with Gasteiger partial charge >= 0.3 is 5.69 Å². The van der Waals surface area contributed by atoms with Crippen molar-refractivity contribution in [1.82, 2.24) is 9.78 Å². The summed E-state index contributed by atoms with van der Waals surface area (Å²) < 4.78 is 1.43. The molecular formula is C13H12Cl2N4O3. The lowest BCUT2D eigenvalue weighted by Gasteiger charge is -2.06. The molecule has 9 heteroatoms. The highest BCUT2D eigenvalue weighted by Crippen LogP contribution is 2.22. The second-order valence-corrected chi connectivity index (χ2v) is 5.40. The van der Waals surface area contributed by atoms with Gasteiger partial charge in [-0.15, -0.1) is 0 Å². The third kappa shape index (κ3) is 4.71. The van der Waals surface area contributed by atoms with E-state index in [-0.39, 0.29) is 18.0 Å². The van der Waals surface area contributed by atoms with E-state index in [9.17, 15) is 14.9 Å². The summed E-state index contributed by atoms with van der Waals surface area (Å²) in [5, 5.41) is 17.9. The first-order valence-corrected chi connectivity index (χ1v) is 7.12. The molecule has 1 aromatic heterocycles. The van der Waals surface area contributed by atoms with Gasteiger partial charge in [0, 0.05) is 28.7 Å². The van der Waals surface area contributed by atoms with Crippen molar-refractivity contribution in [3.8, 4) is 0 Å². The summed E-state index contributed by atoms with van der Waals surface area (Å²) in [6.07, 6.45) is 3.25. The van der Waals surface area contributed by atoms with E-state index in [0.29, 0.717) is 28.7 Å². The fraction of sp³-hybridized carbons (Fsp3) is 0.231. The molecule has 0 unspecified atom stereocenters. The maximum Gasteiger partial charge on any atom is 0.306 e. The fourth-order valence-corrected chi connectivity index (χ4v) is 2.35. The molecule has 0 atom stereocenters. The van der Waals surface area contributed by atoms with Crippen molar-refractivity contribution < 1.29 is 9.72 Å². The normalized spacial score (nSPS) is 10.5. The Kier molecular flexibility index (Phi) is 5.35. The summed E-state index contributed by atoms with van der Waals surface area (Å²) in [6.45, 7) is 0.414. The Balaban J connectivity index is 1.81. The van der Waals surface area contributed by atoms with Crippen LogP contribution >= 0.6 is 23.2 Å². The Morgan fingerprint density at radius 3 is 2.59 bits per heavy atom. The molecule has 0 spiro atoms. The van der Waals surface area contributed by atoms with Gasteiger partial charge in [-0.05, 0) is 24.6 Å². The van der Waals surface area contributed by atoms with Crippen molar-refractivity contribution in [3.63, 3.8) is 0 Å². The van der Waals surface area contributed by atoms with Crippen LogP contribution in [0.5, 0.6) is 0 Å². The fourth-order valence-electron chi connectivity index (χ4n) is 1.82. The summed E-state index contributed by atoms with van der Waals surface area (Å²) in [4.78, 5) is 21.8. The summed E-state index contributed by atoms with van der Waals surface area (Å²) in [6, 6.07) is 4.77. The second kappa shape index (κ2) is 7.24. The van der Waals surface area contributed by atoms with Crippen molar-refractivity contribution >= 4 is 40.5 Å². The number of benzene rings is 1. The number of rotatable bonds is 6. The molecule has 1 heterocycles. The van der Waals surface area contributed by atoms with Crippen LogP contribution in [0.25, 0.3) is 0 Å². The van der Waals surface area contributed by atoms with Crippen LogP contribution in [0.3, 0.4) is 0 Å². The smallest absolute Gasteiger partial charge is 0.306 e. The van der Waals surface area contributed by atoms with Crippen LogP contribution in [0.1, 0.15) is 12.8 Å². The van der Waals surface area contributed by atoms with Gasteiger partial charge in [-0.25, -0.2) is 0 Å². The number of nitrogens with zero attached hydrogens (tertiary/aromatic N) is 3. The van der Waals surface area contributed by atoms with Crippen molar-refractivity contribution in [2.75, 3.05) is 5.32 Å². The van der Waals surface area contributed by atoms with Crippen LogP contribution in [0.15, 0.2) is 30.6 Å². The molecule has 2 rings (SSSR count). The monoisotopic (exact) mass is 342 g/mol. The molecule has 7 nitrogen and oxygen atoms in total. The number of carbonyl (C=O) groups excluding carboxylic acids is 1. The van der Waals surface area contributed by atoms with E-state index in [0.717, 1.165) is 0 Å². The summed E-state index contributed by atoms with van der Waals surface area (Å²) in [5.74, 6) is -0.194. The molecular weight excluding hydrogens is 331 g/mol. The van der Waals surface area contributed by atoms with Gasteiger partial charge in [0.1, 0.15) is 12.4 Å². The molecule has 0 fully saturated rings. The van der Waals surface area contributed by atoms with Gasteiger partial charge in [-0.1, -0.05) is 23.2 Å². The molecule has 0 aliphatic heterocycles. The van der Waals surface area contributed by atoms with Crippen LogP contribution in [-0.2, 0) is 11.3 Å². The van der Waals surface area contributed by atoms with Gasteiger partial charge in [-0.3, -0.25) is 19.6 Å². The molecule has 1 N–H and O–H groups in total. The third-order valence-corrected chi connectivity index (χ3v) is 3.20. The Labute approximate surface area is 136 Å². The average Bonchev–Trinajstić information content (AvgIpc) is 2.86. The lowest BCUT2D eigenvalue weighted by molar-refractivity contribution is -0.385. The highest BCUT2D eigenvalue weighted by molar-refractivity contribution is 6.35. The number of halogens is 2. The number of anilines is 1. The Morgan fingerprint density at radius 1 is 1.32 bits per heavy atom. The standard InChI is InChI=1S/C13H12Cl2N4O3/c14-9-4-10(15)6-11(5-9)17-13(20)2-1-3-18-8-12(7-16-18)19(21)22/h4-8H,1-3H2,(H,17,20). The van der Waals surface area contributed by atoms with Gasteiger partial charge in [0.05, 0.1) is 4.92 Å². The van der Waals surface area contributed by atoms with E-state index in [4.69, 9.17) is 23.2 Å². The van der Waals surface area contributed by atoms with Crippen LogP contribution in [0, 0.1) is 10.1 Å². The van der Waals surface area contributed by atoms with E-state index < -0.39 is 4.92 Å². The van der Waals surface area contributed by atoms with Crippen molar-refractivity contribution in [2.24, 2.45) is 0 Å². The number of aromatic nitrogens is 2. The zero-order chi connectivity index (χ0) is 16.1. The van der Waals surface area contributed by atoms with Crippen LogP contribution < -0.4 is 5.32 Å². The topological polar surface area (TPSA) is 90.1 Å². The Hall–Kier alpha value is -2.12. The van der Waals surface area contributed by atoms with E-state index in [1.54, 1.807) is 18.2 Å². The minimum atomic E-state index is -0.515. The van der Waals surface area contributed by atoms with Gasteiger partial charge in [0.15, 0.2) is 0 Å². The molecule has 0 aliphatic carbocycles. The number of nitrogens with one attached hydrogen (secondary N) is 1. The van der Waals surface area contributed by atoms with E-state index in [2.05, 4.69) is 10.4 Å². The number of hydrogen-bond donors (Lipinski definition) is 1. The van der Waals surface area contributed by atoms with E-state index >= 15 is 0 Å². The molecule has 0 radical (unpaired) electrons.